The highest BCUT2D eigenvalue weighted by Gasteiger charge is 2.33. The summed E-state index contributed by atoms with van der Waals surface area (Å²) < 4.78 is 0. The monoisotopic (exact) mass is 399 g/mol. The van der Waals surface area contributed by atoms with Crippen LogP contribution in [0.15, 0.2) is 40.5 Å². The van der Waals surface area contributed by atoms with Crippen LogP contribution in [0.3, 0.4) is 0 Å². The number of hydrogen-bond donors (Lipinski definition) is 0. The van der Waals surface area contributed by atoms with E-state index in [1.54, 1.807) is 16.7 Å². The maximum absolute atomic E-state index is 12.4. The van der Waals surface area contributed by atoms with Crippen molar-refractivity contribution < 1.29 is 14.4 Å². The second-order valence-electron chi connectivity index (χ2n) is 6.83. The highest BCUT2D eigenvalue weighted by molar-refractivity contribution is 8.14. The standard InChI is InChI=1S/C19H21N5O3S/c25-16-6-7-17(26)24(16)12-18(27)22-8-10-23(11-9-22)19-21-20-15(13-28-19)14-4-2-1-3-5-14/h1-5H,6-13H2. The summed E-state index contributed by atoms with van der Waals surface area (Å²) in [6, 6.07) is 10.0. The van der Waals surface area contributed by atoms with E-state index in [1.165, 1.54) is 0 Å². The van der Waals surface area contributed by atoms with Crippen LogP contribution in [0.1, 0.15) is 18.4 Å². The van der Waals surface area contributed by atoms with Gasteiger partial charge < -0.3 is 9.80 Å². The number of hydrogen-bond acceptors (Lipinski definition) is 7. The molecule has 1 aromatic rings. The van der Waals surface area contributed by atoms with Crippen LogP contribution < -0.4 is 0 Å². The summed E-state index contributed by atoms with van der Waals surface area (Å²) >= 11 is 1.65. The number of piperazine rings is 1. The normalized spacial score (nSPS) is 20.4. The highest BCUT2D eigenvalue weighted by Crippen LogP contribution is 2.20. The fourth-order valence-electron chi connectivity index (χ4n) is 3.40. The molecule has 4 rings (SSSR count). The first-order valence-electron chi connectivity index (χ1n) is 9.30. The fourth-order valence-corrected chi connectivity index (χ4v) is 4.36. The lowest BCUT2D eigenvalue weighted by Gasteiger charge is -2.36. The van der Waals surface area contributed by atoms with E-state index in [2.05, 4.69) is 15.1 Å². The zero-order chi connectivity index (χ0) is 19.5. The molecule has 3 aliphatic heterocycles. The molecule has 9 heteroatoms. The molecule has 2 saturated heterocycles. The number of thioether (sulfide) groups is 1. The number of carbonyl (C=O) groups is 3. The molecule has 2 fully saturated rings. The van der Waals surface area contributed by atoms with Gasteiger partial charge in [0.15, 0.2) is 5.17 Å². The van der Waals surface area contributed by atoms with Gasteiger partial charge in [0.25, 0.3) is 0 Å². The summed E-state index contributed by atoms with van der Waals surface area (Å²) in [4.78, 5) is 40.7. The SMILES string of the molecule is O=C(CN1C(=O)CCC1=O)N1CCN(C2=NN=C(c3ccccc3)CS2)CC1. The number of benzene rings is 1. The molecular weight excluding hydrogens is 378 g/mol. The van der Waals surface area contributed by atoms with Gasteiger partial charge in [-0.2, -0.15) is 5.10 Å². The van der Waals surface area contributed by atoms with Gasteiger partial charge >= 0.3 is 0 Å². The summed E-state index contributed by atoms with van der Waals surface area (Å²) in [5, 5.41) is 9.62. The highest BCUT2D eigenvalue weighted by atomic mass is 32.2. The Kier molecular flexibility index (Phi) is 5.43. The third-order valence-electron chi connectivity index (χ3n) is 5.05. The smallest absolute Gasteiger partial charge is 0.242 e. The van der Waals surface area contributed by atoms with E-state index in [0.29, 0.717) is 26.2 Å². The summed E-state index contributed by atoms with van der Waals surface area (Å²) in [5.74, 6) is 0.0844. The van der Waals surface area contributed by atoms with Gasteiger partial charge in [0.1, 0.15) is 6.54 Å². The Labute approximate surface area is 167 Å². The van der Waals surface area contributed by atoms with Crippen LogP contribution in [0.25, 0.3) is 0 Å². The third-order valence-corrected chi connectivity index (χ3v) is 6.07. The lowest BCUT2D eigenvalue weighted by molar-refractivity contribution is -0.146. The van der Waals surface area contributed by atoms with Gasteiger partial charge in [-0.25, -0.2) is 0 Å². The average Bonchev–Trinajstić information content (AvgIpc) is 3.06. The molecule has 3 heterocycles. The second kappa shape index (κ2) is 8.14. The topological polar surface area (TPSA) is 85.7 Å². The Balaban J connectivity index is 1.31. The Morgan fingerprint density at radius 1 is 0.964 bits per heavy atom. The van der Waals surface area contributed by atoms with Crippen molar-refractivity contribution in [1.29, 1.82) is 0 Å². The zero-order valence-corrected chi connectivity index (χ0v) is 16.2. The van der Waals surface area contributed by atoms with Gasteiger partial charge in [0.05, 0.1) is 5.71 Å². The lowest BCUT2D eigenvalue weighted by Crippen LogP contribution is -2.52. The van der Waals surface area contributed by atoms with Crippen molar-refractivity contribution in [3.8, 4) is 0 Å². The Morgan fingerprint density at radius 3 is 2.25 bits per heavy atom. The molecule has 28 heavy (non-hydrogen) atoms. The number of amides is 3. The number of amidine groups is 1. The quantitative estimate of drug-likeness (QED) is 0.702. The van der Waals surface area contributed by atoms with E-state index >= 15 is 0 Å². The second-order valence-corrected chi connectivity index (χ2v) is 7.77. The largest absolute Gasteiger partial charge is 0.346 e. The minimum absolute atomic E-state index is 0.141. The molecule has 8 nitrogen and oxygen atoms in total. The molecule has 0 bridgehead atoms. The number of carbonyl (C=O) groups excluding carboxylic acids is 3. The summed E-state index contributed by atoms with van der Waals surface area (Å²) in [7, 11) is 0. The van der Waals surface area contributed by atoms with Gasteiger partial charge in [-0.05, 0) is 5.56 Å². The van der Waals surface area contributed by atoms with E-state index in [1.807, 2.05) is 30.3 Å². The lowest BCUT2D eigenvalue weighted by atomic mass is 10.1. The van der Waals surface area contributed by atoms with Crippen molar-refractivity contribution in [2.24, 2.45) is 10.2 Å². The molecule has 146 valence electrons. The molecule has 1 aromatic carbocycles. The number of likely N-dealkylation sites (tertiary alicyclic amines) is 1. The zero-order valence-electron chi connectivity index (χ0n) is 15.4. The third kappa shape index (κ3) is 3.94. The maximum Gasteiger partial charge on any atom is 0.242 e. The molecule has 0 saturated carbocycles. The van der Waals surface area contributed by atoms with Crippen molar-refractivity contribution in [3.63, 3.8) is 0 Å². The predicted molar refractivity (Wildman–Crippen MR) is 107 cm³/mol. The molecule has 0 radical (unpaired) electrons. The molecule has 0 spiro atoms. The Morgan fingerprint density at radius 2 is 1.64 bits per heavy atom. The summed E-state index contributed by atoms with van der Waals surface area (Å²) in [6.45, 7) is 2.27. The van der Waals surface area contributed by atoms with Crippen LogP contribution in [0, 0.1) is 0 Å². The van der Waals surface area contributed by atoms with Crippen LogP contribution in [0.5, 0.6) is 0 Å². The van der Waals surface area contributed by atoms with Crippen LogP contribution >= 0.6 is 11.8 Å². The van der Waals surface area contributed by atoms with Crippen LogP contribution in [-0.2, 0) is 14.4 Å². The van der Waals surface area contributed by atoms with Crippen molar-refractivity contribution in [2.75, 3.05) is 38.5 Å². The predicted octanol–water partition coefficient (Wildman–Crippen LogP) is 0.787. The molecular formula is C19H21N5O3S. The van der Waals surface area contributed by atoms with Gasteiger partial charge in [-0.15, -0.1) is 5.10 Å². The van der Waals surface area contributed by atoms with E-state index in [0.717, 1.165) is 27.1 Å². The van der Waals surface area contributed by atoms with Gasteiger partial charge in [0.2, 0.25) is 17.7 Å². The molecule has 3 amide bonds. The maximum atomic E-state index is 12.4. The molecule has 0 unspecified atom stereocenters. The molecule has 0 atom stereocenters. The number of rotatable bonds is 3. The van der Waals surface area contributed by atoms with E-state index < -0.39 is 0 Å². The van der Waals surface area contributed by atoms with E-state index in [4.69, 9.17) is 0 Å². The van der Waals surface area contributed by atoms with Gasteiger partial charge in [-0.3, -0.25) is 19.3 Å². The molecule has 3 aliphatic rings. The Bertz CT molecular complexity index is 830. The van der Waals surface area contributed by atoms with Crippen LogP contribution in [0.4, 0.5) is 0 Å². The molecule has 0 N–H and O–H groups in total. The first-order valence-corrected chi connectivity index (χ1v) is 10.3. The summed E-state index contributed by atoms with van der Waals surface area (Å²) in [5.41, 5.74) is 2.04. The summed E-state index contributed by atoms with van der Waals surface area (Å²) in [6.07, 6.45) is 0.421. The minimum atomic E-state index is -0.253. The Hall–Kier alpha value is -2.68. The van der Waals surface area contributed by atoms with Crippen molar-refractivity contribution in [1.82, 2.24) is 14.7 Å². The molecule has 0 aromatic heterocycles. The van der Waals surface area contributed by atoms with Gasteiger partial charge in [-0.1, -0.05) is 42.1 Å². The average molecular weight is 399 g/mol. The van der Waals surface area contributed by atoms with Crippen molar-refractivity contribution in [3.05, 3.63) is 35.9 Å². The number of imide groups is 1. The molecule has 0 aliphatic carbocycles. The van der Waals surface area contributed by atoms with E-state index in [-0.39, 0.29) is 37.1 Å². The van der Waals surface area contributed by atoms with Crippen molar-refractivity contribution in [2.45, 2.75) is 12.8 Å². The fraction of sp³-hybridized carbons (Fsp3) is 0.421. The van der Waals surface area contributed by atoms with E-state index in [9.17, 15) is 14.4 Å². The van der Waals surface area contributed by atoms with Crippen molar-refractivity contribution >= 4 is 40.4 Å². The first kappa shape index (κ1) is 18.7. The van der Waals surface area contributed by atoms with Crippen LogP contribution in [0.2, 0.25) is 0 Å². The van der Waals surface area contributed by atoms with Gasteiger partial charge in [0, 0.05) is 44.8 Å². The number of nitrogens with zero attached hydrogens (tertiary/aromatic N) is 5. The minimum Gasteiger partial charge on any atom is -0.346 e. The van der Waals surface area contributed by atoms with Crippen LogP contribution in [-0.4, -0.2) is 81.8 Å². The first-order chi connectivity index (χ1) is 13.6.